The maximum Gasteiger partial charge on any atom is 0.251 e. The van der Waals surface area contributed by atoms with Crippen molar-refractivity contribution in [1.29, 1.82) is 0 Å². The summed E-state index contributed by atoms with van der Waals surface area (Å²) < 4.78 is 1.26. The first-order chi connectivity index (χ1) is 15.2. The second-order valence-electron chi connectivity index (χ2n) is 8.03. The summed E-state index contributed by atoms with van der Waals surface area (Å²) in [7, 11) is 0. The zero-order chi connectivity index (χ0) is 21.2. The number of rotatable bonds is 5. The summed E-state index contributed by atoms with van der Waals surface area (Å²) in [6.45, 7) is 7.55. The van der Waals surface area contributed by atoms with Gasteiger partial charge in [0, 0.05) is 44.8 Å². The SMILES string of the molecule is Cc1cccc2sc(N3CCN(CCNC(=O)c4cccc5ccccc45)CC3)nc12. The van der Waals surface area contributed by atoms with Crippen LogP contribution in [0.5, 0.6) is 0 Å². The van der Waals surface area contributed by atoms with Gasteiger partial charge in [-0.25, -0.2) is 4.98 Å². The first-order valence-electron chi connectivity index (χ1n) is 10.8. The van der Waals surface area contributed by atoms with E-state index in [9.17, 15) is 4.79 Å². The molecule has 31 heavy (non-hydrogen) atoms. The highest BCUT2D eigenvalue weighted by Gasteiger charge is 2.20. The lowest BCUT2D eigenvalue weighted by atomic mass is 10.0. The van der Waals surface area contributed by atoms with Crippen LogP contribution in [0.2, 0.25) is 0 Å². The molecule has 5 rings (SSSR count). The van der Waals surface area contributed by atoms with E-state index in [0.717, 1.165) is 59.7 Å². The Kier molecular flexibility index (Phi) is 5.57. The molecule has 1 saturated heterocycles. The molecule has 1 aromatic heterocycles. The molecule has 1 N–H and O–H groups in total. The summed E-state index contributed by atoms with van der Waals surface area (Å²) >= 11 is 1.78. The molecule has 0 atom stereocenters. The first kappa shape index (κ1) is 20.0. The van der Waals surface area contributed by atoms with Crippen molar-refractivity contribution < 1.29 is 4.79 Å². The average molecular weight is 431 g/mol. The van der Waals surface area contributed by atoms with Crippen LogP contribution in [-0.2, 0) is 0 Å². The number of nitrogens with one attached hydrogen (secondary N) is 1. The normalized spacial score (nSPS) is 14.9. The molecule has 0 spiro atoms. The molecular weight excluding hydrogens is 404 g/mol. The lowest BCUT2D eigenvalue weighted by Gasteiger charge is -2.34. The van der Waals surface area contributed by atoms with Crippen molar-refractivity contribution >= 4 is 43.4 Å². The number of para-hydroxylation sites is 1. The Bertz CT molecular complexity index is 1220. The first-order valence-corrected chi connectivity index (χ1v) is 11.6. The standard InChI is InChI=1S/C25H26N4OS/c1-18-6-4-11-22-23(18)27-25(31-22)29-16-14-28(15-17-29)13-12-26-24(30)21-10-5-8-19-7-2-3-9-20(19)21/h2-11H,12-17H2,1H3,(H,26,30). The predicted molar refractivity (Wildman–Crippen MR) is 129 cm³/mol. The molecule has 158 valence electrons. The number of nitrogens with zero attached hydrogens (tertiary/aromatic N) is 3. The van der Waals surface area contributed by atoms with Crippen molar-refractivity contribution in [1.82, 2.24) is 15.2 Å². The second kappa shape index (κ2) is 8.65. The smallest absolute Gasteiger partial charge is 0.251 e. The highest BCUT2D eigenvalue weighted by Crippen LogP contribution is 2.31. The van der Waals surface area contributed by atoms with Crippen LogP contribution in [0.4, 0.5) is 5.13 Å². The van der Waals surface area contributed by atoms with E-state index in [1.807, 2.05) is 42.5 Å². The number of carbonyl (C=O) groups is 1. The summed E-state index contributed by atoms with van der Waals surface area (Å²) in [5.41, 5.74) is 3.11. The Morgan fingerprint density at radius 2 is 1.77 bits per heavy atom. The molecule has 1 fully saturated rings. The van der Waals surface area contributed by atoms with Gasteiger partial charge in [-0.15, -0.1) is 0 Å². The van der Waals surface area contributed by atoms with E-state index in [2.05, 4.69) is 40.2 Å². The number of hydrogen-bond acceptors (Lipinski definition) is 5. The summed E-state index contributed by atoms with van der Waals surface area (Å²) in [6, 6.07) is 20.3. The Morgan fingerprint density at radius 1 is 1.00 bits per heavy atom. The van der Waals surface area contributed by atoms with Crippen LogP contribution < -0.4 is 10.2 Å². The van der Waals surface area contributed by atoms with E-state index in [1.54, 1.807) is 11.3 Å². The van der Waals surface area contributed by atoms with Gasteiger partial charge in [-0.1, -0.05) is 59.9 Å². The molecule has 1 amide bonds. The monoisotopic (exact) mass is 430 g/mol. The molecule has 1 aliphatic rings. The van der Waals surface area contributed by atoms with Gasteiger partial charge in [0.1, 0.15) is 0 Å². The second-order valence-corrected chi connectivity index (χ2v) is 9.04. The maximum atomic E-state index is 12.7. The lowest BCUT2D eigenvalue weighted by molar-refractivity contribution is 0.0949. The quantitative estimate of drug-likeness (QED) is 0.513. The molecule has 4 aromatic rings. The van der Waals surface area contributed by atoms with Gasteiger partial charge in [0.25, 0.3) is 5.91 Å². The van der Waals surface area contributed by atoms with Crippen LogP contribution in [0.15, 0.2) is 60.7 Å². The van der Waals surface area contributed by atoms with Gasteiger partial charge in [0.2, 0.25) is 0 Å². The molecule has 2 heterocycles. The summed E-state index contributed by atoms with van der Waals surface area (Å²) in [5, 5.41) is 6.32. The van der Waals surface area contributed by atoms with Crippen LogP contribution in [0, 0.1) is 6.92 Å². The molecule has 0 aliphatic carbocycles. The van der Waals surface area contributed by atoms with Gasteiger partial charge < -0.3 is 10.2 Å². The van der Waals surface area contributed by atoms with E-state index in [-0.39, 0.29) is 5.91 Å². The van der Waals surface area contributed by atoms with Crippen molar-refractivity contribution in [3.05, 3.63) is 71.8 Å². The van der Waals surface area contributed by atoms with Gasteiger partial charge in [-0.05, 0) is 35.4 Å². The third-order valence-electron chi connectivity index (χ3n) is 6.00. The van der Waals surface area contributed by atoms with Gasteiger partial charge in [-0.3, -0.25) is 9.69 Å². The molecule has 0 unspecified atom stereocenters. The Hall–Kier alpha value is -2.96. The number of amides is 1. The van der Waals surface area contributed by atoms with Crippen LogP contribution in [-0.4, -0.2) is 55.1 Å². The number of hydrogen-bond donors (Lipinski definition) is 1. The number of aromatic nitrogens is 1. The number of anilines is 1. The molecule has 0 saturated carbocycles. The fraction of sp³-hybridized carbons (Fsp3) is 0.280. The fourth-order valence-corrected chi connectivity index (χ4v) is 5.31. The number of thiazole rings is 1. The fourth-order valence-electron chi connectivity index (χ4n) is 4.22. The average Bonchev–Trinajstić information content (AvgIpc) is 3.25. The largest absolute Gasteiger partial charge is 0.351 e. The molecule has 5 nitrogen and oxygen atoms in total. The van der Waals surface area contributed by atoms with Crippen molar-refractivity contribution in [2.24, 2.45) is 0 Å². The predicted octanol–water partition coefficient (Wildman–Crippen LogP) is 4.31. The van der Waals surface area contributed by atoms with Crippen molar-refractivity contribution in [3.8, 4) is 0 Å². The van der Waals surface area contributed by atoms with Crippen molar-refractivity contribution in [3.63, 3.8) is 0 Å². The Balaban J connectivity index is 1.14. The summed E-state index contributed by atoms with van der Waals surface area (Å²) in [5.74, 6) is 0.000261. The number of carbonyl (C=O) groups excluding carboxylic acids is 1. The van der Waals surface area contributed by atoms with E-state index < -0.39 is 0 Å². The van der Waals surface area contributed by atoms with Crippen LogP contribution in [0.25, 0.3) is 21.0 Å². The molecule has 6 heteroatoms. The van der Waals surface area contributed by atoms with E-state index in [4.69, 9.17) is 4.98 Å². The number of fused-ring (bicyclic) bond motifs is 2. The molecule has 3 aromatic carbocycles. The molecule has 1 aliphatic heterocycles. The third kappa shape index (κ3) is 4.13. The third-order valence-corrected chi connectivity index (χ3v) is 7.08. The lowest BCUT2D eigenvalue weighted by Crippen LogP contribution is -2.48. The van der Waals surface area contributed by atoms with Crippen LogP contribution in [0.3, 0.4) is 0 Å². The van der Waals surface area contributed by atoms with Gasteiger partial charge >= 0.3 is 0 Å². The van der Waals surface area contributed by atoms with Crippen LogP contribution in [0.1, 0.15) is 15.9 Å². The van der Waals surface area contributed by atoms with Crippen LogP contribution >= 0.6 is 11.3 Å². The Labute approximate surface area is 186 Å². The molecule has 0 bridgehead atoms. The maximum absolute atomic E-state index is 12.7. The minimum absolute atomic E-state index is 0.000261. The zero-order valence-electron chi connectivity index (χ0n) is 17.7. The summed E-state index contributed by atoms with van der Waals surface area (Å²) in [6.07, 6.45) is 0. The minimum atomic E-state index is 0.000261. The van der Waals surface area contributed by atoms with Gasteiger partial charge in [0.05, 0.1) is 10.2 Å². The molecule has 0 radical (unpaired) electrons. The van der Waals surface area contributed by atoms with Crippen molar-refractivity contribution in [2.75, 3.05) is 44.2 Å². The topological polar surface area (TPSA) is 48.5 Å². The van der Waals surface area contributed by atoms with E-state index >= 15 is 0 Å². The highest BCUT2D eigenvalue weighted by atomic mass is 32.1. The van der Waals surface area contributed by atoms with Gasteiger partial charge in [0.15, 0.2) is 5.13 Å². The van der Waals surface area contributed by atoms with Crippen molar-refractivity contribution in [2.45, 2.75) is 6.92 Å². The number of piperazine rings is 1. The van der Waals surface area contributed by atoms with E-state index in [1.165, 1.54) is 10.3 Å². The molecular formula is C25H26N4OS. The summed E-state index contributed by atoms with van der Waals surface area (Å²) in [4.78, 5) is 22.4. The van der Waals surface area contributed by atoms with Gasteiger partial charge in [-0.2, -0.15) is 0 Å². The minimum Gasteiger partial charge on any atom is -0.351 e. The zero-order valence-corrected chi connectivity index (χ0v) is 18.5. The number of benzene rings is 3. The number of aryl methyl sites for hydroxylation is 1. The Morgan fingerprint density at radius 3 is 2.61 bits per heavy atom. The highest BCUT2D eigenvalue weighted by molar-refractivity contribution is 7.22. The van der Waals surface area contributed by atoms with E-state index in [0.29, 0.717) is 6.54 Å².